The van der Waals surface area contributed by atoms with Crippen LogP contribution >= 0.6 is 0 Å². The van der Waals surface area contributed by atoms with Crippen LogP contribution in [0.2, 0.25) is 0 Å². The number of likely N-dealkylation sites (tertiary alicyclic amines) is 2. The predicted molar refractivity (Wildman–Crippen MR) is 250 cm³/mol. The standard InChI is InChI=1S/C51H55FN8O6/c1-65-46-27-42-43(54-21-16-45(42)66-40-12-10-37(11-13-40)56-50(64)51(19-20-51)49(63)55-36-8-4-34(52)5-9-36)28-44(46)58-23-17-32(18-24-58)29-60-31-38-26-39(60)30-59(38)25-22-53-35-6-2-33(3-7-35)41-14-15-47(61)57-48(41)62/h2-13,16,21,27-28,32,38-39,41,53H,14-15,17-20,22-26,29-31H2,1H3,(H,55,63)(H,56,64)(H,57,61,62)/t38-,39-,41?/m0/s1. The van der Waals surface area contributed by atoms with E-state index in [1.807, 2.05) is 36.4 Å². The van der Waals surface area contributed by atoms with Gasteiger partial charge in [-0.25, -0.2) is 4.39 Å². The van der Waals surface area contributed by atoms with Gasteiger partial charge in [-0.3, -0.25) is 39.3 Å². The molecule has 1 unspecified atom stereocenters. The summed E-state index contributed by atoms with van der Waals surface area (Å²) in [7, 11) is 1.70. The summed E-state index contributed by atoms with van der Waals surface area (Å²) >= 11 is 0. The van der Waals surface area contributed by atoms with Crippen molar-refractivity contribution in [2.24, 2.45) is 11.3 Å². The van der Waals surface area contributed by atoms with Crippen LogP contribution in [-0.2, 0) is 19.2 Å². The van der Waals surface area contributed by atoms with Gasteiger partial charge in [0.05, 0.1) is 24.2 Å². The number of carbonyl (C=O) groups excluding carboxylic acids is 4. The van der Waals surface area contributed by atoms with Crippen molar-refractivity contribution in [2.45, 2.75) is 62.9 Å². The molecular weight excluding hydrogens is 840 g/mol. The zero-order chi connectivity index (χ0) is 45.4. The van der Waals surface area contributed by atoms with Gasteiger partial charge in [-0.15, -0.1) is 0 Å². The number of amides is 4. The lowest BCUT2D eigenvalue weighted by Gasteiger charge is -2.39. The maximum atomic E-state index is 13.3. The number of rotatable bonds is 15. The number of piperazine rings is 1. The third kappa shape index (κ3) is 9.14. The van der Waals surface area contributed by atoms with E-state index < -0.39 is 17.1 Å². The lowest BCUT2D eigenvalue weighted by atomic mass is 9.90. The van der Waals surface area contributed by atoms with Gasteiger partial charge in [0.25, 0.3) is 0 Å². The fraction of sp³-hybridized carbons (Fsp3) is 0.392. The quantitative estimate of drug-likeness (QED) is 0.0626. The van der Waals surface area contributed by atoms with Crippen molar-refractivity contribution in [3.05, 3.63) is 109 Å². The molecule has 66 heavy (non-hydrogen) atoms. The lowest BCUT2D eigenvalue weighted by Crippen LogP contribution is -2.49. The number of imide groups is 1. The molecule has 1 aromatic heterocycles. The number of anilines is 4. The van der Waals surface area contributed by atoms with Gasteiger partial charge < -0.3 is 30.3 Å². The molecule has 3 atom stereocenters. The molecule has 14 nitrogen and oxygen atoms in total. The van der Waals surface area contributed by atoms with Gasteiger partial charge in [-0.1, -0.05) is 12.1 Å². The highest BCUT2D eigenvalue weighted by molar-refractivity contribution is 6.17. The number of nitrogens with zero attached hydrogens (tertiary/aromatic N) is 4. The van der Waals surface area contributed by atoms with Gasteiger partial charge in [-0.05, 0) is 129 Å². The minimum atomic E-state index is -1.16. The molecule has 4 aliphatic heterocycles. The average molecular weight is 895 g/mol. The van der Waals surface area contributed by atoms with Gasteiger partial charge in [0.1, 0.15) is 28.5 Å². The Morgan fingerprint density at radius 2 is 1.48 bits per heavy atom. The van der Waals surface area contributed by atoms with E-state index in [4.69, 9.17) is 14.5 Å². The molecule has 5 heterocycles. The minimum Gasteiger partial charge on any atom is -0.495 e. The Morgan fingerprint density at radius 1 is 0.818 bits per heavy atom. The van der Waals surface area contributed by atoms with Crippen molar-refractivity contribution in [2.75, 3.05) is 73.8 Å². The van der Waals surface area contributed by atoms with Crippen molar-refractivity contribution in [3.63, 3.8) is 0 Å². The highest BCUT2D eigenvalue weighted by Gasteiger charge is 2.56. The average Bonchev–Trinajstić information content (AvgIpc) is 3.94. The van der Waals surface area contributed by atoms with E-state index >= 15 is 0 Å². The van der Waals surface area contributed by atoms with Crippen molar-refractivity contribution in [1.82, 2.24) is 20.1 Å². The first-order valence-corrected chi connectivity index (χ1v) is 23.1. The Bertz CT molecular complexity index is 2620. The molecule has 4 saturated heterocycles. The first-order valence-electron chi connectivity index (χ1n) is 23.1. The second-order valence-corrected chi connectivity index (χ2v) is 18.4. The molecule has 4 aromatic carbocycles. The summed E-state index contributed by atoms with van der Waals surface area (Å²) in [6, 6.07) is 27.7. The fourth-order valence-corrected chi connectivity index (χ4v) is 10.3. The van der Waals surface area contributed by atoms with Crippen LogP contribution in [0.4, 0.5) is 27.1 Å². The van der Waals surface area contributed by atoms with Gasteiger partial charge in [0.15, 0.2) is 0 Å². The largest absolute Gasteiger partial charge is 0.495 e. The van der Waals surface area contributed by atoms with Crippen molar-refractivity contribution < 1.29 is 33.0 Å². The molecule has 10 rings (SSSR count). The monoisotopic (exact) mass is 894 g/mol. The topological polar surface area (TPSA) is 157 Å². The van der Waals surface area contributed by atoms with Crippen LogP contribution in [0.1, 0.15) is 56.4 Å². The molecule has 15 heteroatoms. The molecule has 4 amide bonds. The molecule has 5 aliphatic rings. The predicted octanol–water partition coefficient (Wildman–Crippen LogP) is 7.14. The number of aromatic nitrogens is 1. The maximum absolute atomic E-state index is 13.3. The Kier molecular flexibility index (Phi) is 12.1. The molecule has 1 aliphatic carbocycles. The summed E-state index contributed by atoms with van der Waals surface area (Å²) in [6.07, 6.45) is 7.02. The number of hydrogen-bond acceptors (Lipinski definition) is 11. The molecule has 1 saturated carbocycles. The Labute approximate surface area is 383 Å². The van der Waals surface area contributed by atoms with Gasteiger partial charge >= 0.3 is 0 Å². The van der Waals surface area contributed by atoms with E-state index in [1.165, 1.54) is 30.7 Å². The number of benzene rings is 4. The highest BCUT2D eigenvalue weighted by Crippen LogP contribution is 2.48. The molecule has 5 aromatic rings. The Balaban J connectivity index is 0.686. The Hall–Kier alpha value is -6.58. The van der Waals surface area contributed by atoms with E-state index in [0.717, 1.165) is 92.2 Å². The third-order valence-electron chi connectivity index (χ3n) is 14.3. The number of carbonyl (C=O) groups is 4. The van der Waals surface area contributed by atoms with Gasteiger partial charge in [0.2, 0.25) is 23.6 Å². The molecular formula is C51H55FN8O6. The van der Waals surface area contributed by atoms with Crippen molar-refractivity contribution in [3.8, 4) is 17.2 Å². The van der Waals surface area contributed by atoms with E-state index in [2.05, 4.69) is 42.0 Å². The summed E-state index contributed by atoms with van der Waals surface area (Å²) < 4.78 is 25.6. The molecule has 2 bridgehead atoms. The number of fused-ring (bicyclic) bond motifs is 3. The first-order chi connectivity index (χ1) is 32.1. The van der Waals surface area contributed by atoms with Crippen molar-refractivity contribution >= 4 is 57.3 Å². The molecule has 0 radical (unpaired) electrons. The summed E-state index contributed by atoms with van der Waals surface area (Å²) in [5.74, 6) is 0.768. The number of hydrogen-bond donors (Lipinski definition) is 4. The summed E-state index contributed by atoms with van der Waals surface area (Å²) in [5.41, 5.74) is 3.65. The van der Waals surface area contributed by atoms with Crippen LogP contribution in [0.25, 0.3) is 10.9 Å². The second-order valence-electron chi connectivity index (χ2n) is 18.4. The van der Waals surface area contributed by atoms with Crippen molar-refractivity contribution in [1.29, 1.82) is 0 Å². The van der Waals surface area contributed by atoms with Crippen LogP contribution in [0.3, 0.4) is 0 Å². The van der Waals surface area contributed by atoms with Crippen LogP contribution in [0.5, 0.6) is 17.2 Å². The molecule has 342 valence electrons. The number of methoxy groups -OCH3 is 1. The molecule has 0 spiro atoms. The number of halogens is 1. The van der Waals surface area contributed by atoms with Crippen LogP contribution in [-0.4, -0.2) is 103 Å². The van der Waals surface area contributed by atoms with E-state index in [1.54, 1.807) is 37.6 Å². The second kappa shape index (κ2) is 18.4. The smallest absolute Gasteiger partial charge is 0.240 e. The Morgan fingerprint density at radius 3 is 2.14 bits per heavy atom. The normalized spacial score (nSPS) is 21.7. The van der Waals surface area contributed by atoms with Gasteiger partial charge in [-0.2, -0.15) is 0 Å². The first kappa shape index (κ1) is 43.3. The van der Waals surface area contributed by atoms with Crippen LogP contribution < -0.4 is 35.6 Å². The van der Waals surface area contributed by atoms with E-state index in [-0.39, 0.29) is 23.6 Å². The SMILES string of the molecule is COc1cc2c(Oc3ccc(NC(=O)C4(C(=O)Nc5ccc(F)cc5)CC4)cc3)ccnc2cc1N1CCC(CN2C[C@@H]3C[C@H]2CN3CCNc2ccc(C3CCC(=O)NC3=O)cc2)CC1. The zero-order valence-electron chi connectivity index (χ0n) is 37.1. The summed E-state index contributed by atoms with van der Waals surface area (Å²) in [5, 5.41) is 12.5. The highest BCUT2D eigenvalue weighted by atomic mass is 19.1. The number of piperidine rings is 2. The molecule has 5 fully saturated rings. The number of pyridine rings is 1. The minimum absolute atomic E-state index is 0.189. The summed E-state index contributed by atoms with van der Waals surface area (Å²) in [6.45, 7) is 7.13. The van der Waals surface area contributed by atoms with Crippen LogP contribution in [0, 0.1) is 17.2 Å². The third-order valence-corrected chi connectivity index (χ3v) is 14.3. The zero-order valence-corrected chi connectivity index (χ0v) is 37.1. The number of nitrogens with one attached hydrogen (secondary N) is 4. The molecule has 4 N–H and O–H groups in total. The lowest BCUT2D eigenvalue weighted by molar-refractivity contribution is -0.134. The van der Waals surface area contributed by atoms with Crippen LogP contribution in [0.15, 0.2) is 97.2 Å². The summed E-state index contributed by atoms with van der Waals surface area (Å²) in [4.78, 5) is 62.5. The maximum Gasteiger partial charge on any atom is 0.240 e. The van der Waals surface area contributed by atoms with Gasteiger partial charge in [0, 0.05) is 93.0 Å². The fourth-order valence-electron chi connectivity index (χ4n) is 10.3. The van der Waals surface area contributed by atoms with E-state index in [9.17, 15) is 23.6 Å². The van der Waals surface area contributed by atoms with E-state index in [0.29, 0.717) is 66.6 Å². The number of ether oxygens (including phenoxy) is 2.